The second-order valence-corrected chi connectivity index (χ2v) is 7.39. The minimum atomic E-state index is -1.05. The number of aliphatic hydroxyl groups is 3. The van der Waals surface area contributed by atoms with E-state index >= 15 is 0 Å². The van der Waals surface area contributed by atoms with Crippen molar-refractivity contribution in [2.45, 2.75) is 37.4 Å². The van der Waals surface area contributed by atoms with Gasteiger partial charge in [0, 0.05) is 12.0 Å². The number of ether oxygens (including phenoxy) is 1. The van der Waals surface area contributed by atoms with Crippen LogP contribution in [0.4, 0.5) is 0 Å². The summed E-state index contributed by atoms with van der Waals surface area (Å²) in [5.41, 5.74) is 3.48. The summed E-state index contributed by atoms with van der Waals surface area (Å²) in [6.07, 6.45) is -2.98. The van der Waals surface area contributed by atoms with E-state index in [2.05, 4.69) is 15.5 Å². The van der Waals surface area contributed by atoms with Crippen LogP contribution in [-0.2, 0) is 11.3 Å². The maximum Gasteiger partial charge on any atom is 0.247 e. The van der Waals surface area contributed by atoms with Crippen molar-refractivity contribution >= 4 is 0 Å². The van der Waals surface area contributed by atoms with Gasteiger partial charge in [0.05, 0.1) is 25.4 Å². The smallest absolute Gasteiger partial charge is 0.247 e. The molecule has 30 heavy (non-hydrogen) atoms. The van der Waals surface area contributed by atoms with E-state index in [1.165, 1.54) is 0 Å². The lowest BCUT2D eigenvalue weighted by Gasteiger charge is -2.37. The van der Waals surface area contributed by atoms with Gasteiger partial charge in [-0.05, 0) is 41.9 Å². The highest BCUT2D eigenvalue weighted by Crippen LogP contribution is 2.34. The lowest BCUT2D eigenvalue weighted by atomic mass is 9.91. The molecule has 0 radical (unpaired) electrons. The second-order valence-electron chi connectivity index (χ2n) is 7.39. The van der Waals surface area contributed by atoms with Crippen molar-refractivity contribution in [2.75, 3.05) is 13.7 Å². The standard InChI is InChI=1S/C22H25N3O5/c1-23-11-19-24-25-22(30-19)14-7-5-13(6-8-14)15-3-2-4-16(9-15)21-20(28)18(27)10-17(12-26)29-21/h2-9,17-18,20-21,23,26-28H,10-12H2,1H3. The van der Waals surface area contributed by atoms with E-state index in [0.717, 1.165) is 22.3 Å². The summed E-state index contributed by atoms with van der Waals surface area (Å²) < 4.78 is 11.4. The van der Waals surface area contributed by atoms with Crippen LogP contribution in [0.1, 0.15) is 24.0 Å². The topological polar surface area (TPSA) is 121 Å². The summed E-state index contributed by atoms with van der Waals surface area (Å²) in [6.45, 7) is 0.311. The molecule has 4 N–H and O–H groups in total. The molecule has 1 aliphatic heterocycles. The average Bonchev–Trinajstić information content (AvgIpc) is 3.25. The zero-order valence-corrected chi connectivity index (χ0v) is 16.6. The van der Waals surface area contributed by atoms with Crippen LogP contribution >= 0.6 is 0 Å². The third kappa shape index (κ3) is 4.28. The van der Waals surface area contributed by atoms with Crippen molar-refractivity contribution in [3.05, 3.63) is 60.0 Å². The molecule has 3 aromatic rings. The first-order chi connectivity index (χ1) is 14.6. The molecular weight excluding hydrogens is 386 g/mol. The van der Waals surface area contributed by atoms with E-state index in [1.54, 1.807) is 0 Å². The first-order valence-electron chi connectivity index (χ1n) is 9.89. The molecule has 8 heteroatoms. The first kappa shape index (κ1) is 20.6. The molecule has 8 nitrogen and oxygen atoms in total. The minimum absolute atomic E-state index is 0.201. The summed E-state index contributed by atoms with van der Waals surface area (Å²) in [5.74, 6) is 0.988. The van der Waals surface area contributed by atoms with Crippen molar-refractivity contribution in [3.8, 4) is 22.6 Å². The van der Waals surface area contributed by atoms with Gasteiger partial charge in [-0.1, -0.05) is 30.3 Å². The van der Waals surface area contributed by atoms with Gasteiger partial charge in [-0.2, -0.15) is 0 Å². The molecule has 1 saturated heterocycles. The minimum Gasteiger partial charge on any atom is -0.419 e. The van der Waals surface area contributed by atoms with Gasteiger partial charge in [-0.15, -0.1) is 10.2 Å². The van der Waals surface area contributed by atoms with Gasteiger partial charge in [0.2, 0.25) is 11.8 Å². The summed E-state index contributed by atoms with van der Waals surface area (Å²) >= 11 is 0. The van der Waals surface area contributed by atoms with Crippen molar-refractivity contribution in [1.82, 2.24) is 15.5 Å². The summed E-state index contributed by atoms with van der Waals surface area (Å²) in [5, 5.41) is 40.9. The van der Waals surface area contributed by atoms with Crippen LogP contribution in [0.5, 0.6) is 0 Å². The normalized spacial score (nSPS) is 24.1. The number of hydrogen-bond acceptors (Lipinski definition) is 8. The van der Waals surface area contributed by atoms with E-state index in [1.807, 2.05) is 55.6 Å². The Kier molecular flexibility index (Phi) is 6.21. The molecule has 0 saturated carbocycles. The highest BCUT2D eigenvalue weighted by atomic mass is 16.5. The first-order valence-corrected chi connectivity index (χ1v) is 9.89. The van der Waals surface area contributed by atoms with Crippen molar-refractivity contribution in [1.29, 1.82) is 0 Å². The molecule has 0 spiro atoms. The summed E-state index contributed by atoms with van der Waals surface area (Å²) in [7, 11) is 1.81. The van der Waals surface area contributed by atoms with Crippen LogP contribution < -0.4 is 5.32 Å². The van der Waals surface area contributed by atoms with Gasteiger partial charge < -0.3 is 29.8 Å². The molecule has 1 fully saturated rings. The Labute approximate surface area is 174 Å². The number of aliphatic hydroxyl groups excluding tert-OH is 3. The van der Waals surface area contributed by atoms with Crippen molar-refractivity contribution in [2.24, 2.45) is 0 Å². The number of nitrogens with one attached hydrogen (secondary N) is 1. The quantitative estimate of drug-likeness (QED) is 0.483. The Balaban J connectivity index is 1.56. The van der Waals surface area contributed by atoms with Gasteiger partial charge in [0.1, 0.15) is 12.2 Å². The molecule has 158 valence electrons. The summed E-state index contributed by atoms with van der Waals surface area (Å²) in [4.78, 5) is 0. The number of aromatic nitrogens is 2. The fourth-order valence-corrected chi connectivity index (χ4v) is 3.64. The van der Waals surface area contributed by atoms with Gasteiger partial charge >= 0.3 is 0 Å². The molecule has 0 bridgehead atoms. The number of benzene rings is 2. The lowest BCUT2D eigenvalue weighted by molar-refractivity contribution is -0.179. The highest BCUT2D eigenvalue weighted by Gasteiger charge is 2.37. The molecular formula is C22H25N3O5. The third-order valence-corrected chi connectivity index (χ3v) is 5.23. The SMILES string of the molecule is CNCc1nnc(-c2ccc(-c3cccc(C4OC(CO)CC(O)C4O)c3)cc2)o1. The Morgan fingerprint density at radius 1 is 1.03 bits per heavy atom. The Hall–Kier alpha value is -2.62. The van der Waals surface area contributed by atoms with Gasteiger partial charge in [0.15, 0.2) is 0 Å². The number of hydrogen-bond donors (Lipinski definition) is 4. The molecule has 1 aromatic heterocycles. The van der Waals surface area contributed by atoms with Crippen LogP contribution in [0.2, 0.25) is 0 Å². The monoisotopic (exact) mass is 411 g/mol. The van der Waals surface area contributed by atoms with E-state index in [-0.39, 0.29) is 13.0 Å². The molecule has 0 amide bonds. The summed E-state index contributed by atoms with van der Waals surface area (Å²) in [6, 6.07) is 15.4. The Bertz CT molecular complexity index is 975. The van der Waals surface area contributed by atoms with Crippen LogP contribution in [0.15, 0.2) is 52.9 Å². The highest BCUT2D eigenvalue weighted by molar-refractivity contribution is 5.68. The predicted molar refractivity (Wildman–Crippen MR) is 109 cm³/mol. The van der Waals surface area contributed by atoms with E-state index in [9.17, 15) is 15.3 Å². The van der Waals surface area contributed by atoms with E-state index in [0.29, 0.717) is 18.3 Å². The number of rotatable bonds is 6. The molecule has 0 aliphatic carbocycles. The maximum atomic E-state index is 10.4. The maximum absolute atomic E-state index is 10.4. The second kappa shape index (κ2) is 9.03. The van der Waals surface area contributed by atoms with E-state index in [4.69, 9.17) is 9.15 Å². The fraction of sp³-hybridized carbons (Fsp3) is 0.364. The van der Waals surface area contributed by atoms with Gasteiger partial charge in [-0.25, -0.2) is 0 Å². The third-order valence-electron chi connectivity index (χ3n) is 5.23. The zero-order chi connectivity index (χ0) is 21.1. The molecule has 4 unspecified atom stereocenters. The van der Waals surface area contributed by atoms with Gasteiger partial charge in [0.25, 0.3) is 0 Å². The van der Waals surface area contributed by atoms with Crippen LogP contribution in [0, 0.1) is 0 Å². The lowest BCUT2D eigenvalue weighted by Crippen LogP contribution is -2.44. The van der Waals surface area contributed by atoms with Crippen LogP contribution in [-0.4, -0.2) is 57.5 Å². The molecule has 4 atom stereocenters. The molecule has 4 rings (SSSR count). The van der Waals surface area contributed by atoms with Crippen molar-refractivity contribution < 1.29 is 24.5 Å². The molecule has 2 heterocycles. The van der Waals surface area contributed by atoms with Crippen LogP contribution in [0.25, 0.3) is 22.6 Å². The largest absolute Gasteiger partial charge is 0.419 e. The van der Waals surface area contributed by atoms with Gasteiger partial charge in [-0.3, -0.25) is 0 Å². The van der Waals surface area contributed by atoms with Crippen LogP contribution in [0.3, 0.4) is 0 Å². The fourth-order valence-electron chi connectivity index (χ4n) is 3.64. The Morgan fingerprint density at radius 3 is 2.53 bits per heavy atom. The molecule has 2 aromatic carbocycles. The van der Waals surface area contributed by atoms with Crippen molar-refractivity contribution in [3.63, 3.8) is 0 Å². The predicted octanol–water partition coefficient (Wildman–Crippen LogP) is 1.67. The number of nitrogens with zero attached hydrogens (tertiary/aromatic N) is 2. The Morgan fingerprint density at radius 2 is 1.80 bits per heavy atom. The molecule has 1 aliphatic rings. The van der Waals surface area contributed by atoms with E-state index < -0.39 is 24.4 Å². The zero-order valence-electron chi connectivity index (χ0n) is 16.6. The average molecular weight is 411 g/mol.